The molecule has 2 aromatic carbocycles. The van der Waals surface area contributed by atoms with E-state index in [1.165, 1.54) is 24.3 Å². The van der Waals surface area contributed by atoms with E-state index in [2.05, 4.69) is 4.74 Å². The van der Waals surface area contributed by atoms with Gasteiger partial charge < -0.3 is 10.5 Å². The Kier molecular flexibility index (Phi) is 4.69. The van der Waals surface area contributed by atoms with Crippen LogP contribution in [0.15, 0.2) is 36.4 Å². The number of hydrogen-bond acceptors (Lipinski definition) is 2. The maximum absolute atomic E-state index is 13.3. The quantitative estimate of drug-likeness (QED) is 0.675. The van der Waals surface area contributed by atoms with Gasteiger partial charge in [0.25, 0.3) is 0 Å². The van der Waals surface area contributed by atoms with Gasteiger partial charge in [-0.25, -0.2) is 8.78 Å². The van der Waals surface area contributed by atoms with Crippen LogP contribution in [-0.4, -0.2) is 6.61 Å². The summed E-state index contributed by atoms with van der Waals surface area (Å²) in [6, 6.07) is 6.41. The van der Waals surface area contributed by atoms with Crippen molar-refractivity contribution >= 4 is 11.6 Å². The molecule has 2 aromatic rings. The maximum Gasteiger partial charge on any atom is 0.387 e. The van der Waals surface area contributed by atoms with Crippen LogP contribution >= 0.6 is 11.6 Å². The lowest BCUT2D eigenvalue weighted by molar-refractivity contribution is -0.0498. The fourth-order valence-electron chi connectivity index (χ4n) is 1.81. The lowest BCUT2D eigenvalue weighted by Gasteiger charge is -2.15. The Morgan fingerprint density at radius 2 is 1.57 bits per heavy atom. The molecule has 0 aliphatic rings. The largest absolute Gasteiger partial charge is 0.435 e. The van der Waals surface area contributed by atoms with Crippen molar-refractivity contribution in [3.05, 3.63) is 64.2 Å². The lowest BCUT2D eigenvalue weighted by atomic mass is 9.99. The summed E-state index contributed by atoms with van der Waals surface area (Å²) in [5.41, 5.74) is 6.61. The van der Waals surface area contributed by atoms with Gasteiger partial charge in [0.15, 0.2) is 11.6 Å². The Bertz CT molecular complexity index is 634. The molecule has 0 bridgehead atoms. The molecule has 0 saturated carbocycles. The minimum Gasteiger partial charge on any atom is -0.435 e. The van der Waals surface area contributed by atoms with Crippen LogP contribution in [0.4, 0.5) is 17.6 Å². The first-order valence-corrected chi connectivity index (χ1v) is 6.21. The van der Waals surface area contributed by atoms with E-state index in [4.69, 9.17) is 17.3 Å². The van der Waals surface area contributed by atoms with Crippen LogP contribution in [0.5, 0.6) is 5.75 Å². The summed E-state index contributed by atoms with van der Waals surface area (Å²) in [7, 11) is 0. The second-order valence-electron chi connectivity index (χ2n) is 4.21. The van der Waals surface area contributed by atoms with Crippen molar-refractivity contribution in [2.75, 3.05) is 0 Å². The van der Waals surface area contributed by atoms with E-state index in [1.807, 2.05) is 0 Å². The maximum atomic E-state index is 13.3. The van der Waals surface area contributed by atoms with Crippen molar-refractivity contribution in [1.82, 2.24) is 0 Å². The molecule has 7 heteroatoms. The van der Waals surface area contributed by atoms with Gasteiger partial charge in [0.05, 0.1) is 6.04 Å². The van der Waals surface area contributed by atoms with Crippen LogP contribution < -0.4 is 10.5 Å². The summed E-state index contributed by atoms with van der Waals surface area (Å²) < 4.78 is 54.5. The van der Waals surface area contributed by atoms with E-state index >= 15 is 0 Å². The van der Waals surface area contributed by atoms with Gasteiger partial charge >= 0.3 is 6.61 Å². The number of benzene rings is 2. The summed E-state index contributed by atoms with van der Waals surface area (Å²) in [5, 5.41) is -0.0192. The topological polar surface area (TPSA) is 35.2 Å². The highest BCUT2D eigenvalue weighted by Gasteiger charge is 2.16. The van der Waals surface area contributed by atoms with E-state index in [9.17, 15) is 17.6 Å². The molecule has 2 rings (SSSR count). The van der Waals surface area contributed by atoms with Crippen molar-refractivity contribution in [2.24, 2.45) is 5.73 Å². The summed E-state index contributed by atoms with van der Waals surface area (Å²) in [6.45, 7) is -2.93. The van der Waals surface area contributed by atoms with Crippen LogP contribution in [0.1, 0.15) is 17.2 Å². The molecule has 0 heterocycles. The van der Waals surface area contributed by atoms with E-state index < -0.39 is 24.3 Å². The Morgan fingerprint density at radius 1 is 1.00 bits per heavy atom. The smallest absolute Gasteiger partial charge is 0.387 e. The number of ether oxygens (including phenoxy) is 1. The monoisotopic (exact) mass is 319 g/mol. The van der Waals surface area contributed by atoms with Crippen LogP contribution in [0.3, 0.4) is 0 Å². The van der Waals surface area contributed by atoms with Crippen molar-refractivity contribution in [3.63, 3.8) is 0 Å². The molecule has 0 aromatic heterocycles. The van der Waals surface area contributed by atoms with Gasteiger partial charge in [0, 0.05) is 5.02 Å². The summed E-state index contributed by atoms with van der Waals surface area (Å²) in [5.74, 6) is -2.17. The number of nitrogens with two attached hydrogens (primary N) is 1. The van der Waals surface area contributed by atoms with Gasteiger partial charge in [0.2, 0.25) is 0 Å². The Hall–Kier alpha value is -1.79. The zero-order chi connectivity index (χ0) is 15.6. The molecule has 2 N–H and O–H groups in total. The van der Waals surface area contributed by atoms with Crippen molar-refractivity contribution in [3.8, 4) is 5.75 Å². The molecule has 21 heavy (non-hydrogen) atoms. The number of halogens is 5. The first kappa shape index (κ1) is 15.6. The van der Waals surface area contributed by atoms with E-state index in [0.29, 0.717) is 5.56 Å². The number of rotatable bonds is 4. The third-order valence-electron chi connectivity index (χ3n) is 2.84. The summed E-state index contributed by atoms with van der Waals surface area (Å²) >= 11 is 5.84. The molecule has 2 nitrogen and oxygen atoms in total. The molecule has 1 atom stereocenters. The van der Waals surface area contributed by atoms with E-state index in [1.54, 1.807) is 0 Å². The standard InChI is InChI=1S/C14H10ClF4NO/c15-10-6-12(17)11(16)5-9(10)13(20)7-1-3-8(4-2-7)21-14(18)19/h1-6,13-14H,20H2. The molecule has 0 radical (unpaired) electrons. The van der Waals surface area contributed by atoms with Crippen molar-refractivity contribution in [2.45, 2.75) is 12.7 Å². The Morgan fingerprint density at radius 3 is 2.14 bits per heavy atom. The fourth-order valence-corrected chi connectivity index (χ4v) is 2.08. The van der Waals surface area contributed by atoms with Gasteiger partial charge in [-0.05, 0) is 35.4 Å². The average molecular weight is 320 g/mol. The minimum absolute atomic E-state index is 0.0192. The van der Waals surface area contributed by atoms with Crippen LogP contribution in [-0.2, 0) is 0 Å². The molecule has 0 fully saturated rings. The van der Waals surface area contributed by atoms with Crippen molar-refractivity contribution in [1.29, 1.82) is 0 Å². The highest BCUT2D eigenvalue weighted by atomic mass is 35.5. The number of alkyl halides is 2. The van der Waals surface area contributed by atoms with Gasteiger partial charge in [-0.1, -0.05) is 23.7 Å². The van der Waals surface area contributed by atoms with E-state index in [-0.39, 0.29) is 16.3 Å². The predicted molar refractivity (Wildman–Crippen MR) is 70.5 cm³/mol. The molecule has 0 aliphatic heterocycles. The zero-order valence-electron chi connectivity index (χ0n) is 10.5. The SMILES string of the molecule is NC(c1ccc(OC(F)F)cc1)c1cc(F)c(F)cc1Cl. The first-order chi connectivity index (χ1) is 9.88. The second kappa shape index (κ2) is 6.32. The lowest BCUT2D eigenvalue weighted by Crippen LogP contribution is -2.13. The van der Waals surface area contributed by atoms with E-state index in [0.717, 1.165) is 12.1 Å². The predicted octanol–water partition coefficient (Wildman–Crippen LogP) is 4.27. The van der Waals surface area contributed by atoms with Gasteiger partial charge in [-0.15, -0.1) is 0 Å². The van der Waals surface area contributed by atoms with Gasteiger partial charge in [0.1, 0.15) is 5.75 Å². The molecular formula is C14H10ClF4NO. The van der Waals surface area contributed by atoms with Crippen LogP contribution in [0, 0.1) is 11.6 Å². The molecule has 0 saturated heterocycles. The Balaban J connectivity index is 2.27. The molecular weight excluding hydrogens is 310 g/mol. The molecule has 1 unspecified atom stereocenters. The third kappa shape index (κ3) is 3.65. The first-order valence-electron chi connectivity index (χ1n) is 5.83. The molecule has 0 amide bonds. The fraction of sp³-hybridized carbons (Fsp3) is 0.143. The normalized spacial score (nSPS) is 12.5. The van der Waals surface area contributed by atoms with Crippen molar-refractivity contribution < 1.29 is 22.3 Å². The van der Waals surface area contributed by atoms with Gasteiger partial charge in [-0.3, -0.25) is 0 Å². The number of hydrogen-bond donors (Lipinski definition) is 1. The zero-order valence-corrected chi connectivity index (χ0v) is 11.3. The molecule has 0 aliphatic carbocycles. The Labute approximate surface area is 123 Å². The highest BCUT2D eigenvalue weighted by Crippen LogP contribution is 2.29. The highest BCUT2D eigenvalue weighted by molar-refractivity contribution is 6.31. The summed E-state index contributed by atoms with van der Waals surface area (Å²) in [6.07, 6.45) is 0. The van der Waals surface area contributed by atoms with Crippen LogP contribution in [0.25, 0.3) is 0 Å². The third-order valence-corrected chi connectivity index (χ3v) is 3.17. The average Bonchev–Trinajstić information content (AvgIpc) is 2.42. The minimum atomic E-state index is -2.93. The molecule has 112 valence electrons. The summed E-state index contributed by atoms with van der Waals surface area (Å²) in [4.78, 5) is 0. The second-order valence-corrected chi connectivity index (χ2v) is 4.62. The molecule has 0 spiro atoms. The van der Waals surface area contributed by atoms with Crippen LogP contribution in [0.2, 0.25) is 5.02 Å². The van der Waals surface area contributed by atoms with Gasteiger partial charge in [-0.2, -0.15) is 8.78 Å².